The summed E-state index contributed by atoms with van der Waals surface area (Å²) in [6.45, 7) is 5.37. The number of hydrogen-bond donors (Lipinski definition) is 1. The minimum atomic E-state index is -0.444. The predicted octanol–water partition coefficient (Wildman–Crippen LogP) is 4.11. The first-order valence-electron chi connectivity index (χ1n) is 11.3. The number of fused-ring (bicyclic) bond motifs is 3. The summed E-state index contributed by atoms with van der Waals surface area (Å²) in [4.78, 5) is 21.1. The molecule has 1 unspecified atom stereocenters. The molecule has 3 aromatic rings. The Balaban J connectivity index is 1.68. The van der Waals surface area contributed by atoms with E-state index in [1.54, 1.807) is 23.3 Å². The molecule has 6 nitrogen and oxygen atoms in total. The first-order valence-corrected chi connectivity index (χ1v) is 12.2. The first kappa shape index (κ1) is 21.2. The highest BCUT2D eigenvalue weighted by Crippen LogP contribution is 2.38. The van der Waals surface area contributed by atoms with Crippen LogP contribution in [0.4, 0.5) is 0 Å². The summed E-state index contributed by atoms with van der Waals surface area (Å²) in [6, 6.07) is 8.46. The van der Waals surface area contributed by atoms with Crippen LogP contribution < -0.4 is 4.74 Å². The number of amides is 1. The van der Waals surface area contributed by atoms with Crippen molar-refractivity contribution >= 4 is 17.2 Å². The highest BCUT2D eigenvalue weighted by molar-refractivity contribution is 7.13. The average Bonchev–Trinajstić information content (AvgIpc) is 3.51. The van der Waals surface area contributed by atoms with Gasteiger partial charge in [0.05, 0.1) is 29.5 Å². The second-order valence-corrected chi connectivity index (χ2v) is 10.1. The Hall–Kier alpha value is -2.64. The number of ether oxygens (including phenoxy) is 1. The van der Waals surface area contributed by atoms with Crippen molar-refractivity contribution in [2.45, 2.75) is 45.6 Å². The Morgan fingerprint density at radius 3 is 2.84 bits per heavy atom. The molecular formula is C25H29N3O3S. The molecular weight excluding hydrogens is 422 g/mol. The number of nitrogens with zero attached hydrogens (tertiary/aromatic N) is 3. The molecule has 0 aliphatic carbocycles. The molecule has 1 amide bonds. The Labute approximate surface area is 192 Å². The van der Waals surface area contributed by atoms with Gasteiger partial charge in [0.2, 0.25) is 0 Å². The van der Waals surface area contributed by atoms with Crippen molar-refractivity contribution in [1.82, 2.24) is 14.5 Å². The molecule has 0 radical (unpaired) electrons. The number of hydrogen-bond acceptors (Lipinski definition) is 5. The van der Waals surface area contributed by atoms with E-state index in [-0.39, 0.29) is 5.91 Å². The van der Waals surface area contributed by atoms with Gasteiger partial charge in [-0.3, -0.25) is 9.36 Å². The van der Waals surface area contributed by atoms with Crippen LogP contribution in [0.5, 0.6) is 5.75 Å². The van der Waals surface area contributed by atoms with Crippen LogP contribution in [0.1, 0.15) is 47.6 Å². The van der Waals surface area contributed by atoms with E-state index in [1.807, 2.05) is 11.4 Å². The number of aromatic nitrogens is 2. The molecule has 7 heteroatoms. The molecule has 32 heavy (non-hydrogen) atoms. The maximum atomic E-state index is 13.4. The minimum absolute atomic E-state index is 0.0764. The molecule has 1 atom stereocenters. The Morgan fingerprint density at radius 2 is 2.19 bits per heavy atom. The fraction of sp³-hybridized carbons (Fsp3) is 0.440. The molecule has 2 aromatic heterocycles. The average molecular weight is 452 g/mol. The molecule has 1 aromatic carbocycles. The minimum Gasteiger partial charge on any atom is -0.496 e. The lowest BCUT2D eigenvalue weighted by atomic mass is 9.94. The van der Waals surface area contributed by atoms with Crippen molar-refractivity contribution in [1.29, 1.82) is 0 Å². The van der Waals surface area contributed by atoms with Crippen LogP contribution in [-0.4, -0.2) is 51.8 Å². The van der Waals surface area contributed by atoms with Gasteiger partial charge in [0, 0.05) is 13.1 Å². The number of aryl methyl sites for hydroxylation is 1. The number of carbonyl (C=O) groups is 1. The number of β-amino-alcohol motifs (C(OH)–C–C–N with tert-alkyl or cyclic N) is 1. The number of benzene rings is 1. The number of imidazole rings is 1. The SMILES string of the molecule is COc1cc2c(cc1CC(C)C)-n1c(-c3cccs3)nc(C(=O)N3CCC(O)C3)c1CC2. The summed E-state index contributed by atoms with van der Waals surface area (Å²) in [5, 5.41) is 12.0. The second-order valence-electron chi connectivity index (χ2n) is 9.13. The van der Waals surface area contributed by atoms with E-state index in [9.17, 15) is 9.90 Å². The first-order chi connectivity index (χ1) is 15.5. The molecule has 4 heterocycles. The number of aliphatic hydroxyl groups is 1. The third-order valence-corrected chi connectivity index (χ3v) is 7.22. The van der Waals surface area contributed by atoms with E-state index in [4.69, 9.17) is 9.72 Å². The maximum absolute atomic E-state index is 13.4. The third-order valence-electron chi connectivity index (χ3n) is 6.35. The van der Waals surface area contributed by atoms with Gasteiger partial charge in [-0.2, -0.15) is 0 Å². The number of methoxy groups -OCH3 is 1. The molecule has 1 fully saturated rings. The Bertz CT molecular complexity index is 1150. The quantitative estimate of drug-likeness (QED) is 0.634. The predicted molar refractivity (Wildman–Crippen MR) is 126 cm³/mol. The molecule has 2 aliphatic rings. The molecule has 168 valence electrons. The molecule has 2 aliphatic heterocycles. The van der Waals surface area contributed by atoms with Crippen LogP contribution >= 0.6 is 11.3 Å². The zero-order valence-corrected chi connectivity index (χ0v) is 19.6. The summed E-state index contributed by atoms with van der Waals surface area (Å²) < 4.78 is 7.90. The zero-order chi connectivity index (χ0) is 22.4. The maximum Gasteiger partial charge on any atom is 0.274 e. The lowest BCUT2D eigenvalue weighted by Gasteiger charge is -2.24. The molecule has 0 spiro atoms. The van der Waals surface area contributed by atoms with Crippen molar-refractivity contribution in [2.24, 2.45) is 5.92 Å². The van der Waals surface area contributed by atoms with Gasteiger partial charge >= 0.3 is 0 Å². The van der Waals surface area contributed by atoms with Crippen LogP contribution in [0, 0.1) is 5.92 Å². The van der Waals surface area contributed by atoms with Gasteiger partial charge < -0.3 is 14.7 Å². The fourth-order valence-corrected chi connectivity index (χ4v) is 5.57. The molecule has 1 N–H and O–H groups in total. The lowest BCUT2D eigenvalue weighted by molar-refractivity contribution is 0.0758. The van der Waals surface area contributed by atoms with Gasteiger partial charge in [-0.1, -0.05) is 19.9 Å². The van der Waals surface area contributed by atoms with Gasteiger partial charge in [0.15, 0.2) is 11.5 Å². The van der Waals surface area contributed by atoms with Crippen LogP contribution in [0.2, 0.25) is 0 Å². The largest absolute Gasteiger partial charge is 0.496 e. The highest BCUT2D eigenvalue weighted by Gasteiger charge is 2.33. The monoisotopic (exact) mass is 451 g/mol. The summed E-state index contributed by atoms with van der Waals surface area (Å²) in [5.74, 6) is 2.18. The molecule has 0 bridgehead atoms. The van der Waals surface area contributed by atoms with E-state index in [2.05, 4.69) is 36.6 Å². The highest BCUT2D eigenvalue weighted by atomic mass is 32.1. The topological polar surface area (TPSA) is 67.6 Å². The molecule has 1 saturated heterocycles. The van der Waals surface area contributed by atoms with E-state index >= 15 is 0 Å². The number of aliphatic hydroxyl groups excluding tert-OH is 1. The number of likely N-dealkylation sites (tertiary alicyclic amines) is 1. The van der Waals surface area contributed by atoms with E-state index in [0.717, 1.165) is 47.1 Å². The number of rotatable bonds is 5. The van der Waals surface area contributed by atoms with E-state index in [0.29, 0.717) is 31.1 Å². The molecule has 5 rings (SSSR count). The third kappa shape index (κ3) is 3.63. The van der Waals surface area contributed by atoms with Crippen molar-refractivity contribution < 1.29 is 14.6 Å². The smallest absolute Gasteiger partial charge is 0.274 e. The van der Waals surface area contributed by atoms with E-state index < -0.39 is 6.10 Å². The standard InChI is InChI=1S/C25H29N3O3S/c1-15(2)11-17-12-20-16(13-21(17)31-3)6-7-19-23(25(30)27-9-8-18(29)14-27)26-24(28(19)20)22-5-4-10-32-22/h4-5,10,12-13,15,18,29H,6-9,11,14H2,1-3H3. The van der Waals surface area contributed by atoms with Gasteiger partial charge in [-0.05, 0) is 66.3 Å². The van der Waals surface area contributed by atoms with Gasteiger partial charge in [-0.25, -0.2) is 4.98 Å². The Kier molecular flexibility index (Phi) is 5.55. The van der Waals surface area contributed by atoms with Crippen molar-refractivity contribution in [2.75, 3.05) is 20.2 Å². The second kappa shape index (κ2) is 8.37. The van der Waals surface area contributed by atoms with Crippen LogP contribution in [0.25, 0.3) is 16.4 Å². The van der Waals surface area contributed by atoms with Gasteiger partial charge in [-0.15, -0.1) is 11.3 Å². The van der Waals surface area contributed by atoms with Crippen LogP contribution in [0.15, 0.2) is 29.6 Å². The normalized spacial score (nSPS) is 17.5. The van der Waals surface area contributed by atoms with Crippen molar-refractivity contribution in [3.63, 3.8) is 0 Å². The summed E-state index contributed by atoms with van der Waals surface area (Å²) in [7, 11) is 1.73. The van der Waals surface area contributed by atoms with E-state index in [1.165, 1.54) is 11.1 Å². The summed E-state index contributed by atoms with van der Waals surface area (Å²) in [6.07, 6.45) is 2.69. The fourth-order valence-electron chi connectivity index (χ4n) is 4.87. The zero-order valence-electron chi connectivity index (χ0n) is 18.8. The Morgan fingerprint density at radius 1 is 1.34 bits per heavy atom. The van der Waals surface area contributed by atoms with Crippen molar-refractivity contribution in [3.05, 3.63) is 52.2 Å². The van der Waals surface area contributed by atoms with Crippen molar-refractivity contribution in [3.8, 4) is 22.1 Å². The van der Waals surface area contributed by atoms with Gasteiger partial charge in [0.1, 0.15) is 5.75 Å². The van der Waals surface area contributed by atoms with Gasteiger partial charge in [0.25, 0.3) is 5.91 Å². The summed E-state index contributed by atoms with van der Waals surface area (Å²) >= 11 is 1.63. The van der Waals surface area contributed by atoms with Crippen LogP contribution in [-0.2, 0) is 19.3 Å². The molecule has 0 saturated carbocycles. The number of thiophene rings is 1. The number of carbonyl (C=O) groups excluding carboxylic acids is 1. The van der Waals surface area contributed by atoms with Crippen LogP contribution in [0.3, 0.4) is 0 Å². The lowest BCUT2D eigenvalue weighted by Crippen LogP contribution is -2.31. The summed E-state index contributed by atoms with van der Waals surface area (Å²) in [5.41, 5.74) is 4.98.